The van der Waals surface area contributed by atoms with Crippen LogP contribution in [0.1, 0.15) is 16.7 Å². The van der Waals surface area contributed by atoms with Crippen molar-refractivity contribution in [2.24, 2.45) is 0 Å². The first-order valence-electron chi connectivity index (χ1n) is 4.45. The Bertz CT molecular complexity index is 253. The fourth-order valence-corrected chi connectivity index (χ4v) is 1.23. The van der Waals surface area contributed by atoms with E-state index in [0.717, 1.165) is 13.0 Å². The van der Waals surface area contributed by atoms with Crippen LogP contribution in [0.3, 0.4) is 0 Å². The largest absolute Gasteiger partial charge is 0.319 e. The van der Waals surface area contributed by atoms with Crippen molar-refractivity contribution in [2.75, 3.05) is 13.6 Å². The van der Waals surface area contributed by atoms with Gasteiger partial charge in [-0.25, -0.2) is 0 Å². The second kappa shape index (κ2) is 4.27. The molecular weight excluding hydrogens is 146 g/mol. The van der Waals surface area contributed by atoms with Gasteiger partial charge in [0.2, 0.25) is 0 Å². The lowest BCUT2D eigenvalue weighted by atomic mass is 10.0. The zero-order valence-corrected chi connectivity index (χ0v) is 8.15. The summed E-state index contributed by atoms with van der Waals surface area (Å²) in [4.78, 5) is 0. The molecule has 0 fully saturated rings. The molecule has 0 aromatic heterocycles. The lowest BCUT2D eigenvalue weighted by Gasteiger charge is -2.04. The predicted octanol–water partition coefficient (Wildman–Crippen LogP) is 2.07. The van der Waals surface area contributed by atoms with E-state index in [0.29, 0.717) is 0 Å². The van der Waals surface area contributed by atoms with Crippen LogP contribution in [0, 0.1) is 13.8 Å². The van der Waals surface area contributed by atoms with Crippen LogP contribution < -0.4 is 5.32 Å². The number of likely N-dealkylation sites (N-methyl/N-ethyl adjacent to an activating group) is 1. The number of rotatable bonds is 3. The molecule has 66 valence electrons. The van der Waals surface area contributed by atoms with Gasteiger partial charge in [-0.15, -0.1) is 0 Å². The highest BCUT2D eigenvalue weighted by Gasteiger charge is 1.94. The Kier molecular flexibility index (Phi) is 3.30. The molecule has 0 atom stereocenters. The molecule has 0 aliphatic carbocycles. The second-order valence-corrected chi connectivity index (χ2v) is 3.27. The Morgan fingerprint density at radius 1 is 1.17 bits per heavy atom. The van der Waals surface area contributed by atoms with Gasteiger partial charge in [-0.1, -0.05) is 18.2 Å². The van der Waals surface area contributed by atoms with Gasteiger partial charge in [-0.2, -0.15) is 0 Å². The van der Waals surface area contributed by atoms with E-state index >= 15 is 0 Å². The molecule has 1 aromatic rings. The highest BCUT2D eigenvalue weighted by molar-refractivity contribution is 5.29. The smallest absolute Gasteiger partial charge is 0.00114 e. The van der Waals surface area contributed by atoms with E-state index in [2.05, 4.69) is 37.4 Å². The Morgan fingerprint density at radius 2 is 1.92 bits per heavy atom. The Labute approximate surface area is 74.8 Å². The molecule has 0 amide bonds. The molecule has 0 aliphatic heterocycles. The molecule has 1 nitrogen and oxygen atoms in total. The quantitative estimate of drug-likeness (QED) is 0.719. The maximum absolute atomic E-state index is 3.15. The van der Waals surface area contributed by atoms with E-state index in [1.54, 1.807) is 0 Å². The maximum Gasteiger partial charge on any atom is -0.00114 e. The minimum atomic E-state index is 1.06. The van der Waals surface area contributed by atoms with Crippen molar-refractivity contribution in [3.05, 3.63) is 34.9 Å². The summed E-state index contributed by atoms with van der Waals surface area (Å²) in [5, 5.41) is 3.15. The Balaban J connectivity index is 2.69. The molecule has 0 saturated carbocycles. The lowest BCUT2D eigenvalue weighted by Crippen LogP contribution is -2.10. The van der Waals surface area contributed by atoms with Crippen molar-refractivity contribution < 1.29 is 0 Å². The molecule has 1 aromatic carbocycles. The fourth-order valence-electron chi connectivity index (χ4n) is 1.23. The predicted molar refractivity (Wildman–Crippen MR) is 53.5 cm³/mol. The highest BCUT2D eigenvalue weighted by Crippen LogP contribution is 2.09. The summed E-state index contributed by atoms with van der Waals surface area (Å²) >= 11 is 0. The topological polar surface area (TPSA) is 12.0 Å². The Morgan fingerprint density at radius 3 is 2.50 bits per heavy atom. The summed E-state index contributed by atoms with van der Waals surface area (Å²) in [7, 11) is 1.99. The zero-order valence-electron chi connectivity index (χ0n) is 8.15. The van der Waals surface area contributed by atoms with Gasteiger partial charge in [0, 0.05) is 0 Å². The SMILES string of the molecule is CNCCc1ccc(C)c(C)c1. The third-order valence-corrected chi connectivity index (χ3v) is 2.23. The summed E-state index contributed by atoms with van der Waals surface area (Å²) in [5.41, 5.74) is 4.19. The molecule has 0 unspecified atom stereocenters. The molecule has 1 N–H and O–H groups in total. The van der Waals surface area contributed by atoms with Gasteiger partial charge in [0.15, 0.2) is 0 Å². The summed E-state index contributed by atoms with van der Waals surface area (Å²) in [5.74, 6) is 0. The van der Waals surface area contributed by atoms with Crippen LogP contribution in [0.4, 0.5) is 0 Å². The molecule has 0 radical (unpaired) electrons. The Hall–Kier alpha value is -0.820. The van der Waals surface area contributed by atoms with Gasteiger partial charge in [-0.05, 0) is 50.6 Å². The van der Waals surface area contributed by atoms with Crippen LogP contribution in [-0.2, 0) is 6.42 Å². The number of aryl methyl sites for hydroxylation is 2. The average molecular weight is 163 g/mol. The monoisotopic (exact) mass is 163 g/mol. The van der Waals surface area contributed by atoms with Crippen molar-refractivity contribution in [1.29, 1.82) is 0 Å². The summed E-state index contributed by atoms with van der Waals surface area (Å²) < 4.78 is 0. The van der Waals surface area contributed by atoms with Gasteiger partial charge < -0.3 is 5.32 Å². The van der Waals surface area contributed by atoms with Crippen molar-refractivity contribution in [3.8, 4) is 0 Å². The molecule has 1 rings (SSSR count). The third-order valence-electron chi connectivity index (χ3n) is 2.23. The molecule has 12 heavy (non-hydrogen) atoms. The van der Waals surface area contributed by atoms with Crippen LogP contribution in [0.2, 0.25) is 0 Å². The minimum Gasteiger partial charge on any atom is -0.319 e. The molecule has 0 heterocycles. The number of hydrogen-bond donors (Lipinski definition) is 1. The number of benzene rings is 1. The van der Waals surface area contributed by atoms with Crippen molar-refractivity contribution in [1.82, 2.24) is 5.32 Å². The van der Waals surface area contributed by atoms with Crippen molar-refractivity contribution in [2.45, 2.75) is 20.3 Å². The molecule has 0 aliphatic rings. The first-order valence-corrected chi connectivity index (χ1v) is 4.45. The van der Waals surface area contributed by atoms with Gasteiger partial charge in [-0.3, -0.25) is 0 Å². The molecule has 0 saturated heterocycles. The van der Waals surface area contributed by atoms with E-state index in [1.807, 2.05) is 7.05 Å². The molecular formula is C11H17N. The highest BCUT2D eigenvalue weighted by atomic mass is 14.8. The van der Waals surface area contributed by atoms with Crippen LogP contribution in [0.15, 0.2) is 18.2 Å². The van der Waals surface area contributed by atoms with Crippen LogP contribution >= 0.6 is 0 Å². The normalized spacial score (nSPS) is 10.2. The van der Waals surface area contributed by atoms with Crippen molar-refractivity contribution in [3.63, 3.8) is 0 Å². The van der Waals surface area contributed by atoms with Gasteiger partial charge in [0.25, 0.3) is 0 Å². The van der Waals surface area contributed by atoms with Gasteiger partial charge >= 0.3 is 0 Å². The standard InChI is InChI=1S/C11H17N/c1-9-4-5-11(6-7-12-3)8-10(9)2/h4-5,8,12H,6-7H2,1-3H3. The van der Waals surface area contributed by atoms with E-state index < -0.39 is 0 Å². The summed E-state index contributed by atoms with van der Waals surface area (Å²) in [6.45, 7) is 5.37. The van der Waals surface area contributed by atoms with Gasteiger partial charge in [0.05, 0.1) is 0 Å². The fraction of sp³-hybridized carbons (Fsp3) is 0.455. The van der Waals surface area contributed by atoms with E-state index in [-0.39, 0.29) is 0 Å². The molecule has 1 heteroatoms. The molecule has 0 bridgehead atoms. The minimum absolute atomic E-state index is 1.06. The van der Waals surface area contributed by atoms with Gasteiger partial charge in [0.1, 0.15) is 0 Å². The van der Waals surface area contributed by atoms with Crippen LogP contribution in [0.5, 0.6) is 0 Å². The van der Waals surface area contributed by atoms with Crippen LogP contribution in [-0.4, -0.2) is 13.6 Å². The summed E-state index contributed by atoms with van der Waals surface area (Å²) in [6, 6.07) is 6.67. The lowest BCUT2D eigenvalue weighted by molar-refractivity contribution is 0.791. The zero-order chi connectivity index (χ0) is 8.97. The van der Waals surface area contributed by atoms with E-state index in [4.69, 9.17) is 0 Å². The number of hydrogen-bond acceptors (Lipinski definition) is 1. The van der Waals surface area contributed by atoms with E-state index in [1.165, 1.54) is 16.7 Å². The van der Waals surface area contributed by atoms with Crippen molar-refractivity contribution >= 4 is 0 Å². The summed E-state index contributed by atoms with van der Waals surface area (Å²) in [6.07, 6.45) is 1.12. The first-order chi connectivity index (χ1) is 5.74. The van der Waals surface area contributed by atoms with Crippen LogP contribution in [0.25, 0.3) is 0 Å². The first kappa shape index (κ1) is 9.27. The van der Waals surface area contributed by atoms with E-state index in [9.17, 15) is 0 Å². The third kappa shape index (κ3) is 2.35. The maximum atomic E-state index is 3.15. The molecule has 0 spiro atoms. The number of nitrogens with one attached hydrogen (secondary N) is 1. The average Bonchev–Trinajstić information content (AvgIpc) is 2.07. The second-order valence-electron chi connectivity index (χ2n) is 3.27.